The van der Waals surface area contributed by atoms with Gasteiger partial charge in [-0.1, -0.05) is 5.21 Å². The van der Waals surface area contributed by atoms with Gasteiger partial charge in [0.25, 0.3) is 0 Å². The summed E-state index contributed by atoms with van der Waals surface area (Å²) < 4.78 is 38.1. The maximum absolute atomic E-state index is 12.3. The Morgan fingerprint density at radius 2 is 2.15 bits per heavy atom. The minimum absolute atomic E-state index is 0.124. The number of hydrogen-bond acceptors (Lipinski definition) is 3. The maximum Gasteiger partial charge on any atom is 0.437 e. The first-order valence-corrected chi connectivity index (χ1v) is 3.79. The van der Waals surface area contributed by atoms with Crippen molar-refractivity contribution in [1.29, 1.82) is 0 Å². The van der Waals surface area contributed by atoms with Crippen LogP contribution in [-0.4, -0.2) is 21.5 Å². The lowest BCUT2D eigenvalue weighted by Gasteiger charge is -2.15. The number of nitrogens with one attached hydrogen (secondary N) is 1. The summed E-state index contributed by atoms with van der Waals surface area (Å²) in [5.74, 6) is 0. The van der Waals surface area contributed by atoms with Crippen molar-refractivity contribution in [2.45, 2.75) is 19.3 Å². The lowest BCUT2D eigenvalue weighted by molar-refractivity contribution is -0.142. The average Bonchev–Trinajstić information content (AvgIpc) is 2.45. The Balaban J connectivity index is 2.43. The van der Waals surface area contributed by atoms with Crippen LogP contribution in [0.15, 0.2) is 0 Å². The van der Waals surface area contributed by atoms with E-state index in [0.29, 0.717) is 13.1 Å². The average molecular weight is 192 g/mol. The van der Waals surface area contributed by atoms with E-state index in [9.17, 15) is 13.2 Å². The number of rotatable bonds is 0. The fourth-order valence-corrected chi connectivity index (χ4v) is 1.30. The van der Waals surface area contributed by atoms with Crippen molar-refractivity contribution in [3.63, 3.8) is 0 Å². The monoisotopic (exact) mass is 192 g/mol. The smallest absolute Gasteiger partial charge is 0.309 e. The van der Waals surface area contributed by atoms with E-state index in [0.717, 1.165) is 0 Å². The van der Waals surface area contributed by atoms with E-state index < -0.39 is 11.9 Å². The van der Waals surface area contributed by atoms with Crippen molar-refractivity contribution in [3.05, 3.63) is 11.4 Å². The van der Waals surface area contributed by atoms with Crippen LogP contribution in [0.3, 0.4) is 0 Å². The van der Waals surface area contributed by atoms with Crippen molar-refractivity contribution in [2.75, 3.05) is 6.54 Å². The second kappa shape index (κ2) is 2.69. The van der Waals surface area contributed by atoms with Crippen LogP contribution in [0.4, 0.5) is 13.2 Å². The summed E-state index contributed by atoms with van der Waals surface area (Å²) in [7, 11) is 0. The second-order valence-electron chi connectivity index (χ2n) is 2.78. The van der Waals surface area contributed by atoms with Gasteiger partial charge in [0.15, 0.2) is 5.69 Å². The number of fused-ring (bicyclic) bond motifs is 1. The van der Waals surface area contributed by atoms with E-state index in [1.54, 1.807) is 0 Å². The van der Waals surface area contributed by atoms with E-state index in [4.69, 9.17) is 0 Å². The summed E-state index contributed by atoms with van der Waals surface area (Å²) in [5, 5.41) is 9.39. The van der Waals surface area contributed by atoms with Crippen molar-refractivity contribution >= 4 is 0 Å². The fraction of sp³-hybridized carbons (Fsp3) is 0.667. The van der Waals surface area contributed by atoms with Crippen LogP contribution >= 0.6 is 0 Å². The Morgan fingerprint density at radius 3 is 2.85 bits per heavy atom. The number of halogens is 3. The molecule has 4 nitrogen and oxygen atoms in total. The van der Waals surface area contributed by atoms with Gasteiger partial charge in [-0.15, -0.1) is 5.10 Å². The minimum Gasteiger partial charge on any atom is -0.309 e. The molecule has 7 heteroatoms. The Kier molecular flexibility index (Phi) is 1.76. The van der Waals surface area contributed by atoms with Crippen LogP contribution in [-0.2, 0) is 19.3 Å². The number of aromatic nitrogens is 3. The molecule has 1 aliphatic heterocycles. The fourth-order valence-electron chi connectivity index (χ4n) is 1.30. The molecule has 0 atom stereocenters. The van der Waals surface area contributed by atoms with Gasteiger partial charge in [0.1, 0.15) is 0 Å². The Morgan fingerprint density at radius 1 is 1.38 bits per heavy atom. The standard InChI is InChI=1S/C6H7F3N4/c7-6(8,9)5-4-3-10-1-2-13(4)12-11-5/h10H,1-3H2. The Bertz CT molecular complexity index is 316. The van der Waals surface area contributed by atoms with Crippen LogP contribution in [0, 0.1) is 0 Å². The van der Waals surface area contributed by atoms with E-state index >= 15 is 0 Å². The summed E-state index contributed by atoms with van der Waals surface area (Å²) in [6, 6.07) is 0. The molecule has 1 aromatic heterocycles. The predicted molar refractivity (Wildman–Crippen MR) is 36.7 cm³/mol. The summed E-state index contributed by atoms with van der Waals surface area (Å²) in [4.78, 5) is 0. The third-order valence-electron chi connectivity index (χ3n) is 1.90. The zero-order chi connectivity index (χ0) is 9.47. The highest BCUT2D eigenvalue weighted by Crippen LogP contribution is 2.30. The normalized spacial score (nSPS) is 17.2. The van der Waals surface area contributed by atoms with E-state index in [1.807, 2.05) is 0 Å². The highest BCUT2D eigenvalue weighted by atomic mass is 19.4. The van der Waals surface area contributed by atoms with E-state index in [-0.39, 0.29) is 12.2 Å². The van der Waals surface area contributed by atoms with Gasteiger partial charge in [-0.3, -0.25) is 0 Å². The molecule has 0 radical (unpaired) electrons. The molecule has 2 rings (SSSR count). The number of nitrogens with zero attached hydrogens (tertiary/aromatic N) is 3. The van der Waals surface area contributed by atoms with E-state index in [1.165, 1.54) is 4.68 Å². The lowest BCUT2D eigenvalue weighted by atomic mass is 10.2. The molecule has 0 saturated heterocycles. The van der Waals surface area contributed by atoms with Gasteiger partial charge in [0.05, 0.1) is 12.2 Å². The van der Waals surface area contributed by atoms with Gasteiger partial charge in [-0.2, -0.15) is 13.2 Å². The molecule has 0 unspecified atom stereocenters. The van der Waals surface area contributed by atoms with Gasteiger partial charge in [-0.05, 0) is 0 Å². The molecule has 0 aliphatic carbocycles. The number of alkyl halides is 3. The molecule has 0 aromatic carbocycles. The predicted octanol–water partition coefficient (Wildman–Crippen LogP) is 0.400. The third kappa shape index (κ3) is 1.39. The molecule has 0 amide bonds. The summed E-state index contributed by atoms with van der Waals surface area (Å²) >= 11 is 0. The van der Waals surface area contributed by atoms with Crippen molar-refractivity contribution in [3.8, 4) is 0 Å². The molecule has 1 aromatic rings. The van der Waals surface area contributed by atoms with Gasteiger partial charge in [-0.25, -0.2) is 4.68 Å². The van der Waals surface area contributed by atoms with Gasteiger partial charge in [0.2, 0.25) is 0 Å². The molecule has 0 bridgehead atoms. The molecule has 0 spiro atoms. The highest BCUT2D eigenvalue weighted by Gasteiger charge is 2.38. The molecule has 1 aliphatic rings. The van der Waals surface area contributed by atoms with E-state index in [2.05, 4.69) is 15.6 Å². The molecule has 1 N–H and O–H groups in total. The van der Waals surface area contributed by atoms with Crippen molar-refractivity contribution in [1.82, 2.24) is 20.3 Å². The van der Waals surface area contributed by atoms with Crippen LogP contribution in [0.2, 0.25) is 0 Å². The SMILES string of the molecule is FC(F)(F)c1nnn2c1CNCC2. The molecule has 0 fully saturated rings. The van der Waals surface area contributed by atoms with Crippen LogP contribution in [0.25, 0.3) is 0 Å². The van der Waals surface area contributed by atoms with Crippen molar-refractivity contribution in [2.24, 2.45) is 0 Å². The van der Waals surface area contributed by atoms with Crippen LogP contribution in [0.1, 0.15) is 11.4 Å². The largest absolute Gasteiger partial charge is 0.437 e. The summed E-state index contributed by atoms with van der Waals surface area (Å²) in [5.41, 5.74) is -0.751. The topological polar surface area (TPSA) is 42.7 Å². The summed E-state index contributed by atoms with van der Waals surface area (Å²) in [6.45, 7) is 1.26. The second-order valence-corrected chi connectivity index (χ2v) is 2.78. The van der Waals surface area contributed by atoms with Crippen molar-refractivity contribution < 1.29 is 13.2 Å². The Labute approximate surface area is 71.7 Å². The van der Waals surface area contributed by atoms with Gasteiger partial charge in [0, 0.05) is 13.1 Å². The zero-order valence-corrected chi connectivity index (χ0v) is 6.60. The first-order valence-electron chi connectivity index (χ1n) is 3.79. The molecule has 13 heavy (non-hydrogen) atoms. The molecule has 0 saturated carbocycles. The zero-order valence-electron chi connectivity index (χ0n) is 6.60. The molecular weight excluding hydrogens is 185 g/mol. The van der Waals surface area contributed by atoms with Gasteiger partial charge >= 0.3 is 6.18 Å². The highest BCUT2D eigenvalue weighted by molar-refractivity contribution is 5.14. The van der Waals surface area contributed by atoms with Crippen LogP contribution < -0.4 is 5.32 Å². The molecule has 72 valence electrons. The summed E-state index contributed by atoms with van der Waals surface area (Å²) in [6.07, 6.45) is -4.40. The first kappa shape index (κ1) is 8.49. The third-order valence-corrected chi connectivity index (χ3v) is 1.90. The van der Waals surface area contributed by atoms with Crippen LogP contribution in [0.5, 0.6) is 0 Å². The maximum atomic E-state index is 12.3. The molecule has 2 heterocycles. The molecular formula is C6H7F3N4. The first-order chi connectivity index (χ1) is 6.09. The minimum atomic E-state index is -4.40. The lowest BCUT2D eigenvalue weighted by Crippen LogP contribution is -2.29. The quantitative estimate of drug-likeness (QED) is 0.647. The van der Waals surface area contributed by atoms with Gasteiger partial charge < -0.3 is 5.32 Å². The Hall–Kier alpha value is -1.11. The number of hydrogen-bond donors (Lipinski definition) is 1.